The molecule has 1 aromatic heterocycles. The number of rotatable bonds is 8. The second-order valence-electron chi connectivity index (χ2n) is 6.44. The van der Waals surface area contributed by atoms with E-state index in [9.17, 15) is 5.11 Å². The van der Waals surface area contributed by atoms with Gasteiger partial charge in [-0.3, -0.25) is 0 Å². The van der Waals surface area contributed by atoms with E-state index in [4.69, 9.17) is 14.2 Å². The zero-order chi connectivity index (χ0) is 19.2. The number of nitrogens with one attached hydrogen (secondary N) is 1. The largest absolute Gasteiger partial charge is 0.491 e. The van der Waals surface area contributed by atoms with Crippen molar-refractivity contribution in [3.8, 4) is 28.5 Å². The maximum Gasteiger partial charge on any atom is 0.161 e. The van der Waals surface area contributed by atoms with Gasteiger partial charge in [0.25, 0.3) is 0 Å². The van der Waals surface area contributed by atoms with Crippen LogP contribution in [0, 0.1) is 0 Å². The standard InChI is InChI=1S/C20H21N3O4S/c24-15(9-21-10-17-12-26-19-3-1-2-4-20(19)27-17)11-25-16-7-5-14(6-8-16)18-13-28-23-22-18/h1-8,13,15,17,21,24H,9-12H2/t15-,17-/m0/s1. The first kappa shape index (κ1) is 18.7. The molecule has 3 aromatic rings. The highest BCUT2D eigenvalue weighted by atomic mass is 32.1. The summed E-state index contributed by atoms with van der Waals surface area (Å²) in [6.45, 7) is 1.68. The van der Waals surface area contributed by atoms with E-state index in [-0.39, 0.29) is 12.7 Å². The molecule has 0 amide bonds. The van der Waals surface area contributed by atoms with E-state index < -0.39 is 6.10 Å². The lowest BCUT2D eigenvalue weighted by atomic mass is 10.2. The lowest BCUT2D eigenvalue weighted by Gasteiger charge is -2.27. The number of fused-ring (bicyclic) bond motifs is 1. The molecule has 0 aliphatic carbocycles. The predicted octanol–water partition coefficient (Wildman–Crippen LogP) is 2.37. The maximum absolute atomic E-state index is 10.1. The third-order valence-electron chi connectivity index (χ3n) is 4.27. The van der Waals surface area contributed by atoms with Crippen LogP contribution in [0.1, 0.15) is 0 Å². The number of aromatic nitrogens is 2. The third kappa shape index (κ3) is 4.78. The van der Waals surface area contributed by atoms with Gasteiger partial charge in [0.1, 0.15) is 36.9 Å². The van der Waals surface area contributed by atoms with Gasteiger partial charge in [0.05, 0.1) is 0 Å². The normalized spacial score (nSPS) is 16.5. The van der Waals surface area contributed by atoms with Gasteiger partial charge < -0.3 is 24.6 Å². The third-order valence-corrected chi connectivity index (χ3v) is 4.78. The van der Waals surface area contributed by atoms with Crippen molar-refractivity contribution in [3.05, 3.63) is 53.9 Å². The van der Waals surface area contributed by atoms with Gasteiger partial charge in [0.2, 0.25) is 0 Å². The zero-order valence-corrected chi connectivity index (χ0v) is 16.0. The Hall–Kier alpha value is -2.68. The fourth-order valence-electron chi connectivity index (χ4n) is 2.84. The van der Waals surface area contributed by atoms with Crippen LogP contribution in [-0.2, 0) is 0 Å². The lowest BCUT2D eigenvalue weighted by molar-refractivity contribution is 0.0778. The minimum absolute atomic E-state index is 0.0873. The van der Waals surface area contributed by atoms with Crippen molar-refractivity contribution in [2.45, 2.75) is 12.2 Å². The molecule has 0 bridgehead atoms. The quantitative estimate of drug-likeness (QED) is 0.601. The smallest absolute Gasteiger partial charge is 0.161 e. The molecule has 28 heavy (non-hydrogen) atoms. The summed E-state index contributed by atoms with van der Waals surface area (Å²) in [5.41, 5.74) is 1.83. The highest BCUT2D eigenvalue weighted by Crippen LogP contribution is 2.30. The molecule has 2 atom stereocenters. The average molecular weight is 399 g/mol. The van der Waals surface area contributed by atoms with Crippen molar-refractivity contribution >= 4 is 11.5 Å². The summed E-state index contributed by atoms with van der Waals surface area (Å²) >= 11 is 1.32. The van der Waals surface area contributed by atoms with E-state index in [1.54, 1.807) is 0 Å². The van der Waals surface area contributed by atoms with Crippen LogP contribution in [-0.4, -0.2) is 53.2 Å². The minimum atomic E-state index is -0.626. The second-order valence-corrected chi connectivity index (χ2v) is 7.05. The van der Waals surface area contributed by atoms with Gasteiger partial charge in [-0.1, -0.05) is 16.6 Å². The first-order valence-electron chi connectivity index (χ1n) is 9.05. The number of aliphatic hydroxyl groups excluding tert-OH is 1. The van der Waals surface area contributed by atoms with Crippen molar-refractivity contribution in [2.75, 3.05) is 26.3 Å². The van der Waals surface area contributed by atoms with Crippen LogP contribution in [0.15, 0.2) is 53.9 Å². The van der Waals surface area contributed by atoms with E-state index >= 15 is 0 Å². The molecule has 2 heterocycles. The van der Waals surface area contributed by atoms with Crippen LogP contribution in [0.25, 0.3) is 11.3 Å². The SMILES string of the molecule is O[C@@H](CNC[C@H]1COc2ccccc2O1)COc1ccc(-c2csnn2)cc1. The molecular weight excluding hydrogens is 378 g/mol. The van der Waals surface area contributed by atoms with Crippen molar-refractivity contribution in [3.63, 3.8) is 0 Å². The van der Waals surface area contributed by atoms with Crippen LogP contribution >= 0.6 is 11.5 Å². The first-order chi connectivity index (χ1) is 13.8. The molecule has 2 aromatic carbocycles. The van der Waals surface area contributed by atoms with Gasteiger partial charge >= 0.3 is 0 Å². The Balaban J connectivity index is 1.17. The molecule has 2 N–H and O–H groups in total. The molecule has 4 rings (SSSR count). The molecule has 146 valence electrons. The number of para-hydroxylation sites is 2. The highest BCUT2D eigenvalue weighted by molar-refractivity contribution is 7.03. The molecular formula is C20H21N3O4S. The first-order valence-corrected chi connectivity index (χ1v) is 9.89. The Morgan fingerprint density at radius 3 is 2.79 bits per heavy atom. The number of ether oxygens (including phenoxy) is 3. The van der Waals surface area contributed by atoms with Crippen molar-refractivity contribution in [2.24, 2.45) is 0 Å². The Morgan fingerprint density at radius 1 is 1.18 bits per heavy atom. The molecule has 0 saturated heterocycles. The Kier molecular flexibility index (Phi) is 6.01. The predicted molar refractivity (Wildman–Crippen MR) is 106 cm³/mol. The summed E-state index contributed by atoms with van der Waals surface area (Å²) in [7, 11) is 0. The van der Waals surface area contributed by atoms with Crippen LogP contribution in [0.3, 0.4) is 0 Å². The van der Waals surface area contributed by atoms with E-state index in [2.05, 4.69) is 14.9 Å². The summed E-state index contributed by atoms with van der Waals surface area (Å²) < 4.78 is 21.1. The monoisotopic (exact) mass is 399 g/mol. The van der Waals surface area contributed by atoms with Gasteiger partial charge in [-0.15, -0.1) is 5.10 Å². The Bertz CT molecular complexity index is 873. The summed E-state index contributed by atoms with van der Waals surface area (Å²) in [4.78, 5) is 0. The second kappa shape index (κ2) is 9.01. The van der Waals surface area contributed by atoms with Gasteiger partial charge in [-0.25, -0.2) is 0 Å². The van der Waals surface area contributed by atoms with Gasteiger partial charge in [0.15, 0.2) is 11.5 Å². The van der Waals surface area contributed by atoms with E-state index in [1.807, 2.05) is 53.9 Å². The number of hydrogen-bond acceptors (Lipinski definition) is 8. The van der Waals surface area contributed by atoms with Gasteiger partial charge in [0, 0.05) is 24.0 Å². The van der Waals surface area contributed by atoms with Crippen molar-refractivity contribution < 1.29 is 19.3 Å². The van der Waals surface area contributed by atoms with Crippen LogP contribution in [0.2, 0.25) is 0 Å². The lowest BCUT2D eigenvalue weighted by Crippen LogP contribution is -2.41. The number of benzene rings is 2. The molecule has 1 aliphatic heterocycles. The summed E-state index contributed by atoms with van der Waals surface area (Å²) in [5.74, 6) is 2.22. The summed E-state index contributed by atoms with van der Waals surface area (Å²) in [6.07, 6.45) is -0.713. The molecule has 0 radical (unpaired) electrons. The Morgan fingerprint density at radius 2 is 2.00 bits per heavy atom. The van der Waals surface area contributed by atoms with Gasteiger partial charge in [-0.05, 0) is 47.9 Å². The average Bonchev–Trinajstić information content (AvgIpc) is 3.27. The van der Waals surface area contributed by atoms with Crippen molar-refractivity contribution in [1.29, 1.82) is 0 Å². The summed E-state index contributed by atoms with van der Waals surface area (Å²) in [6, 6.07) is 15.2. The van der Waals surface area contributed by atoms with Crippen molar-refractivity contribution in [1.82, 2.24) is 14.9 Å². The topological polar surface area (TPSA) is 85.7 Å². The molecule has 8 heteroatoms. The van der Waals surface area contributed by atoms with Crippen LogP contribution in [0.5, 0.6) is 17.2 Å². The van der Waals surface area contributed by atoms with E-state index in [1.165, 1.54) is 11.5 Å². The molecule has 7 nitrogen and oxygen atoms in total. The summed E-state index contributed by atoms with van der Waals surface area (Å²) in [5, 5.41) is 19.3. The highest BCUT2D eigenvalue weighted by Gasteiger charge is 2.20. The minimum Gasteiger partial charge on any atom is -0.491 e. The molecule has 1 aliphatic rings. The van der Waals surface area contributed by atoms with Gasteiger partial charge in [-0.2, -0.15) is 0 Å². The number of aliphatic hydroxyl groups is 1. The van der Waals surface area contributed by atoms with E-state index in [0.29, 0.717) is 25.4 Å². The zero-order valence-electron chi connectivity index (χ0n) is 15.2. The fraction of sp³-hybridized carbons (Fsp3) is 0.300. The fourth-order valence-corrected chi connectivity index (χ4v) is 3.30. The number of hydrogen-bond donors (Lipinski definition) is 2. The Labute approximate surface area is 167 Å². The number of nitrogens with zero attached hydrogens (tertiary/aromatic N) is 2. The maximum atomic E-state index is 10.1. The molecule has 0 fully saturated rings. The van der Waals surface area contributed by atoms with Crippen LogP contribution in [0.4, 0.5) is 0 Å². The van der Waals surface area contributed by atoms with Crippen LogP contribution < -0.4 is 19.5 Å². The molecule has 0 saturated carbocycles. The molecule has 0 unspecified atom stereocenters. The molecule has 0 spiro atoms. The van der Waals surface area contributed by atoms with E-state index in [0.717, 1.165) is 22.8 Å².